The number of para-hydroxylation sites is 1. The predicted molar refractivity (Wildman–Crippen MR) is 48.2 cm³/mol. The maximum atomic E-state index is 10.3. The SMILES string of the molecule is O=CCC1Cc2ccccc2N1. The highest BCUT2D eigenvalue weighted by Gasteiger charge is 2.18. The number of rotatable bonds is 2. The highest BCUT2D eigenvalue weighted by molar-refractivity contribution is 5.60. The maximum Gasteiger partial charge on any atom is 0.122 e. The minimum atomic E-state index is 0.319. The number of carbonyl (C=O) groups excluding carboxylic acids is 1. The van der Waals surface area contributed by atoms with Crippen LogP contribution in [0.15, 0.2) is 24.3 Å². The van der Waals surface area contributed by atoms with Crippen molar-refractivity contribution >= 4 is 12.0 Å². The van der Waals surface area contributed by atoms with Crippen LogP contribution in [0.2, 0.25) is 0 Å². The van der Waals surface area contributed by atoms with Gasteiger partial charge in [0, 0.05) is 18.2 Å². The highest BCUT2D eigenvalue weighted by Crippen LogP contribution is 2.25. The molecule has 0 aromatic heterocycles. The molecule has 0 radical (unpaired) electrons. The van der Waals surface area contributed by atoms with Gasteiger partial charge in [-0.15, -0.1) is 0 Å². The van der Waals surface area contributed by atoms with Crippen molar-refractivity contribution in [1.82, 2.24) is 0 Å². The van der Waals surface area contributed by atoms with Gasteiger partial charge in [0.25, 0.3) is 0 Å². The molecule has 2 rings (SSSR count). The van der Waals surface area contributed by atoms with E-state index in [0.29, 0.717) is 12.5 Å². The van der Waals surface area contributed by atoms with Gasteiger partial charge in [-0.3, -0.25) is 0 Å². The molecule has 1 N–H and O–H groups in total. The molecule has 0 aliphatic carbocycles. The lowest BCUT2D eigenvalue weighted by Crippen LogP contribution is -2.15. The van der Waals surface area contributed by atoms with Crippen molar-refractivity contribution in [2.75, 3.05) is 5.32 Å². The molecule has 1 unspecified atom stereocenters. The molecule has 0 bridgehead atoms. The topological polar surface area (TPSA) is 29.1 Å². The van der Waals surface area contributed by atoms with E-state index in [1.54, 1.807) is 0 Å². The molecule has 1 aromatic rings. The average molecular weight is 161 g/mol. The number of fused-ring (bicyclic) bond motifs is 1. The van der Waals surface area contributed by atoms with Crippen LogP contribution in [0.4, 0.5) is 5.69 Å². The Balaban J connectivity index is 2.16. The van der Waals surface area contributed by atoms with E-state index >= 15 is 0 Å². The first kappa shape index (κ1) is 7.35. The van der Waals surface area contributed by atoms with E-state index < -0.39 is 0 Å². The van der Waals surface area contributed by atoms with Gasteiger partial charge in [-0.05, 0) is 18.1 Å². The molecule has 0 fully saturated rings. The minimum absolute atomic E-state index is 0.319. The van der Waals surface area contributed by atoms with E-state index in [1.807, 2.05) is 12.1 Å². The second-order valence-electron chi connectivity index (χ2n) is 3.10. The summed E-state index contributed by atoms with van der Waals surface area (Å²) < 4.78 is 0. The Labute approximate surface area is 71.6 Å². The maximum absolute atomic E-state index is 10.3. The zero-order valence-electron chi connectivity index (χ0n) is 6.79. The summed E-state index contributed by atoms with van der Waals surface area (Å²) in [6.07, 6.45) is 2.56. The van der Waals surface area contributed by atoms with E-state index in [1.165, 1.54) is 11.3 Å². The summed E-state index contributed by atoms with van der Waals surface area (Å²) in [5.41, 5.74) is 2.51. The van der Waals surface area contributed by atoms with Gasteiger partial charge in [-0.1, -0.05) is 18.2 Å². The Kier molecular flexibility index (Phi) is 1.82. The average Bonchev–Trinajstić information content (AvgIpc) is 2.47. The van der Waals surface area contributed by atoms with Gasteiger partial charge in [0.15, 0.2) is 0 Å². The number of hydrogen-bond donors (Lipinski definition) is 1. The van der Waals surface area contributed by atoms with Crippen molar-refractivity contribution in [3.63, 3.8) is 0 Å². The van der Waals surface area contributed by atoms with Gasteiger partial charge in [-0.25, -0.2) is 0 Å². The largest absolute Gasteiger partial charge is 0.381 e. The Hall–Kier alpha value is -1.31. The van der Waals surface area contributed by atoms with Gasteiger partial charge >= 0.3 is 0 Å². The molecule has 1 aromatic carbocycles. The van der Waals surface area contributed by atoms with Crippen molar-refractivity contribution in [3.8, 4) is 0 Å². The Bertz CT molecular complexity index is 271. The Morgan fingerprint density at radius 1 is 1.50 bits per heavy atom. The lowest BCUT2D eigenvalue weighted by atomic mass is 10.1. The van der Waals surface area contributed by atoms with E-state index in [-0.39, 0.29) is 0 Å². The zero-order valence-corrected chi connectivity index (χ0v) is 6.79. The Morgan fingerprint density at radius 2 is 2.33 bits per heavy atom. The van der Waals surface area contributed by atoms with E-state index in [9.17, 15) is 4.79 Å². The lowest BCUT2D eigenvalue weighted by molar-refractivity contribution is -0.108. The molecule has 0 spiro atoms. The van der Waals surface area contributed by atoms with Crippen molar-refractivity contribution in [3.05, 3.63) is 29.8 Å². The third-order valence-corrected chi connectivity index (χ3v) is 2.22. The van der Waals surface area contributed by atoms with Crippen molar-refractivity contribution in [2.24, 2.45) is 0 Å². The van der Waals surface area contributed by atoms with Crippen LogP contribution in [-0.4, -0.2) is 12.3 Å². The molecule has 0 saturated heterocycles. The number of hydrogen-bond acceptors (Lipinski definition) is 2. The zero-order chi connectivity index (χ0) is 8.39. The highest BCUT2D eigenvalue weighted by atomic mass is 16.1. The van der Waals surface area contributed by atoms with E-state index in [4.69, 9.17) is 0 Å². The molecule has 1 aliphatic rings. The second kappa shape index (κ2) is 2.97. The first-order valence-corrected chi connectivity index (χ1v) is 4.18. The molecule has 1 atom stereocenters. The van der Waals surface area contributed by atoms with Gasteiger partial charge in [0.1, 0.15) is 6.29 Å². The van der Waals surface area contributed by atoms with Crippen LogP contribution in [0, 0.1) is 0 Å². The van der Waals surface area contributed by atoms with Gasteiger partial charge in [0.2, 0.25) is 0 Å². The summed E-state index contributed by atoms with van der Waals surface area (Å²) in [6.45, 7) is 0. The molecule has 0 amide bonds. The minimum Gasteiger partial charge on any atom is -0.381 e. The fourth-order valence-electron chi connectivity index (χ4n) is 1.63. The fraction of sp³-hybridized carbons (Fsp3) is 0.300. The van der Waals surface area contributed by atoms with Crippen LogP contribution in [0.5, 0.6) is 0 Å². The summed E-state index contributed by atoms with van der Waals surface area (Å²) in [6, 6.07) is 8.52. The van der Waals surface area contributed by atoms with Crippen molar-refractivity contribution in [1.29, 1.82) is 0 Å². The van der Waals surface area contributed by atoms with Crippen LogP contribution in [0.3, 0.4) is 0 Å². The molecule has 62 valence electrons. The summed E-state index contributed by atoms with van der Waals surface area (Å²) in [5.74, 6) is 0. The van der Waals surface area contributed by atoms with Crippen LogP contribution in [0.1, 0.15) is 12.0 Å². The van der Waals surface area contributed by atoms with Gasteiger partial charge in [0.05, 0.1) is 0 Å². The fourth-order valence-corrected chi connectivity index (χ4v) is 1.63. The molecule has 2 heteroatoms. The predicted octanol–water partition coefficient (Wildman–Crippen LogP) is 1.61. The van der Waals surface area contributed by atoms with Crippen LogP contribution >= 0.6 is 0 Å². The lowest BCUT2D eigenvalue weighted by Gasteiger charge is -2.04. The van der Waals surface area contributed by atoms with E-state index in [0.717, 1.165) is 12.7 Å². The van der Waals surface area contributed by atoms with Crippen LogP contribution in [-0.2, 0) is 11.2 Å². The molecular weight excluding hydrogens is 150 g/mol. The monoisotopic (exact) mass is 161 g/mol. The normalized spacial score (nSPS) is 19.8. The van der Waals surface area contributed by atoms with Gasteiger partial charge in [-0.2, -0.15) is 0 Å². The van der Waals surface area contributed by atoms with Crippen LogP contribution < -0.4 is 5.32 Å². The summed E-state index contributed by atoms with van der Waals surface area (Å²) in [7, 11) is 0. The first-order chi connectivity index (χ1) is 5.90. The summed E-state index contributed by atoms with van der Waals surface area (Å²) in [5, 5.41) is 3.30. The second-order valence-corrected chi connectivity index (χ2v) is 3.10. The number of nitrogens with one attached hydrogen (secondary N) is 1. The van der Waals surface area contributed by atoms with Gasteiger partial charge < -0.3 is 10.1 Å². The standard InChI is InChI=1S/C10H11NO/c12-6-5-9-7-8-3-1-2-4-10(8)11-9/h1-4,6,9,11H,5,7H2. The van der Waals surface area contributed by atoms with Crippen molar-refractivity contribution in [2.45, 2.75) is 18.9 Å². The number of anilines is 1. The third-order valence-electron chi connectivity index (χ3n) is 2.22. The quantitative estimate of drug-likeness (QED) is 0.668. The number of aldehydes is 1. The molecular formula is C10H11NO. The molecule has 1 heterocycles. The number of benzene rings is 1. The van der Waals surface area contributed by atoms with Crippen molar-refractivity contribution < 1.29 is 4.79 Å². The molecule has 0 saturated carbocycles. The summed E-state index contributed by atoms with van der Waals surface area (Å²) >= 11 is 0. The summed E-state index contributed by atoms with van der Waals surface area (Å²) in [4.78, 5) is 10.3. The Morgan fingerprint density at radius 3 is 3.08 bits per heavy atom. The molecule has 2 nitrogen and oxygen atoms in total. The smallest absolute Gasteiger partial charge is 0.122 e. The first-order valence-electron chi connectivity index (χ1n) is 4.18. The van der Waals surface area contributed by atoms with E-state index in [2.05, 4.69) is 17.4 Å². The van der Waals surface area contributed by atoms with Crippen LogP contribution in [0.25, 0.3) is 0 Å². The molecule has 1 aliphatic heterocycles. The molecule has 12 heavy (non-hydrogen) atoms. The number of carbonyl (C=O) groups is 1. The third kappa shape index (κ3) is 1.20.